The summed E-state index contributed by atoms with van der Waals surface area (Å²) >= 11 is 0. The van der Waals surface area contributed by atoms with Crippen molar-refractivity contribution in [2.75, 3.05) is 25.0 Å². The minimum atomic E-state index is -4.34. The first-order valence-corrected chi connectivity index (χ1v) is 9.26. The van der Waals surface area contributed by atoms with Crippen molar-refractivity contribution in [1.82, 2.24) is 15.6 Å². The number of pyridine rings is 1. The van der Waals surface area contributed by atoms with Gasteiger partial charge in [0.15, 0.2) is 5.96 Å². The van der Waals surface area contributed by atoms with Gasteiger partial charge in [-0.05, 0) is 42.2 Å². The van der Waals surface area contributed by atoms with Crippen LogP contribution in [0.5, 0.6) is 0 Å². The molecule has 2 N–H and O–H groups in total. The molecule has 0 atom stereocenters. The molecular formula is C20H24F3N5. The van der Waals surface area contributed by atoms with Crippen LogP contribution in [-0.2, 0) is 19.3 Å². The minimum absolute atomic E-state index is 0.246. The minimum Gasteiger partial charge on any atom is -0.357 e. The van der Waals surface area contributed by atoms with Crippen LogP contribution in [0, 0.1) is 0 Å². The van der Waals surface area contributed by atoms with Gasteiger partial charge in [-0.3, -0.25) is 4.99 Å². The Kier molecular flexibility index (Phi) is 6.38. The third-order valence-electron chi connectivity index (χ3n) is 4.64. The first-order chi connectivity index (χ1) is 13.5. The van der Waals surface area contributed by atoms with E-state index in [1.54, 1.807) is 13.1 Å². The molecule has 28 heavy (non-hydrogen) atoms. The molecule has 0 spiro atoms. The monoisotopic (exact) mass is 391 g/mol. The number of rotatable bonds is 5. The highest BCUT2D eigenvalue weighted by Crippen LogP contribution is 2.29. The molecule has 0 saturated carbocycles. The van der Waals surface area contributed by atoms with Crippen LogP contribution in [0.3, 0.4) is 0 Å². The molecule has 0 amide bonds. The summed E-state index contributed by atoms with van der Waals surface area (Å²) in [6, 6.07) is 9.30. The third-order valence-corrected chi connectivity index (χ3v) is 4.64. The van der Waals surface area contributed by atoms with E-state index in [4.69, 9.17) is 0 Å². The van der Waals surface area contributed by atoms with Crippen LogP contribution in [0.4, 0.5) is 19.0 Å². The first-order valence-electron chi connectivity index (χ1n) is 9.26. The summed E-state index contributed by atoms with van der Waals surface area (Å²) in [6.45, 7) is 2.87. The molecule has 0 bridgehead atoms. The van der Waals surface area contributed by atoms with E-state index >= 15 is 0 Å². The molecule has 2 aromatic rings. The Morgan fingerprint density at radius 3 is 2.39 bits per heavy atom. The van der Waals surface area contributed by atoms with Gasteiger partial charge in [0.25, 0.3) is 0 Å². The van der Waals surface area contributed by atoms with Gasteiger partial charge in [0.2, 0.25) is 0 Å². The molecule has 3 rings (SSSR count). The van der Waals surface area contributed by atoms with E-state index in [9.17, 15) is 13.2 Å². The Morgan fingerprint density at radius 1 is 1.07 bits per heavy atom. The quantitative estimate of drug-likeness (QED) is 0.605. The van der Waals surface area contributed by atoms with Crippen molar-refractivity contribution in [1.29, 1.82) is 0 Å². The zero-order chi connectivity index (χ0) is 20.0. The molecular weight excluding hydrogens is 367 g/mol. The molecule has 5 nitrogen and oxygen atoms in total. The number of hydrogen-bond acceptors (Lipinski definition) is 3. The number of alkyl halides is 3. The molecule has 1 saturated heterocycles. The molecule has 1 aromatic carbocycles. The van der Waals surface area contributed by atoms with Gasteiger partial charge in [-0.1, -0.05) is 18.2 Å². The van der Waals surface area contributed by atoms with Gasteiger partial charge >= 0.3 is 6.18 Å². The van der Waals surface area contributed by atoms with E-state index in [-0.39, 0.29) is 6.54 Å². The van der Waals surface area contributed by atoms with Crippen LogP contribution in [0.1, 0.15) is 29.5 Å². The number of nitrogens with one attached hydrogen (secondary N) is 2. The Labute approximate surface area is 162 Å². The second-order valence-corrected chi connectivity index (χ2v) is 6.70. The largest absolute Gasteiger partial charge is 0.416 e. The number of hydrogen-bond donors (Lipinski definition) is 2. The fourth-order valence-corrected chi connectivity index (χ4v) is 3.10. The summed E-state index contributed by atoms with van der Waals surface area (Å²) in [5, 5.41) is 6.19. The normalized spacial score (nSPS) is 15.0. The van der Waals surface area contributed by atoms with Crippen LogP contribution in [0.15, 0.2) is 47.6 Å². The van der Waals surface area contributed by atoms with Crippen molar-refractivity contribution in [2.45, 2.75) is 32.1 Å². The summed E-state index contributed by atoms with van der Waals surface area (Å²) in [4.78, 5) is 10.9. The lowest BCUT2D eigenvalue weighted by Gasteiger charge is -2.17. The fourth-order valence-electron chi connectivity index (χ4n) is 3.10. The maximum atomic E-state index is 12.8. The molecule has 1 fully saturated rings. The molecule has 150 valence electrons. The highest BCUT2D eigenvalue weighted by Gasteiger charge is 2.30. The topological polar surface area (TPSA) is 52.6 Å². The van der Waals surface area contributed by atoms with Crippen molar-refractivity contribution in [3.63, 3.8) is 0 Å². The summed E-state index contributed by atoms with van der Waals surface area (Å²) in [5.41, 5.74) is 0.887. The van der Waals surface area contributed by atoms with Gasteiger partial charge in [0, 0.05) is 39.4 Å². The van der Waals surface area contributed by atoms with E-state index in [1.165, 1.54) is 18.9 Å². The van der Waals surface area contributed by atoms with E-state index < -0.39 is 11.7 Å². The van der Waals surface area contributed by atoms with Crippen LogP contribution in [0.25, 0.3) is 0 Å². The molecule has 1 aliphatic rings. The van der Waals surface area contributed by atoms with Gasteiger partial charge in [0.1, 0.15) is 5.82 Å². The maximum Gasteiger partial charge on any atom is 0.416 e. The predicted octanol–water partition coefficient (Wildman–Crippen LogP) is 3.57. The lowest BCUT2D eigenvalue weighted by molar-refractivity contribution is -0.137. The number of nitrogens with zero attached hydrogens (tertiary/aromatic N) is 3. The lowest BCUT2D eigenvalue weighted by Crippen LogP contribution is -2.36. The van der Waals surface area contributed by atoms with Gasteiger partial charge in [-0.25, -0.2) is 4.98 Å². The first kappa shape index (κ1) is 20.0. The molecule has 2 heterocycles. The smallest absolute Gasteiger partial charge is 0.357 e. The highest BCUT2D eigenvalue weighted by atomic mass is 19.4. The van der Waals surface area contributed by atoms with Gasteiger partial charge in [0.05, 0.1) is 5.56 Å². The van der Waals surface area contributed by atoms with Crippen molar-refractivity contribution in [3.05, 3.63) is 59.3 Å². The Bertz CT molecular complexity index is 796. The number of halogens is 3. The van der Waals surface area contributed by atoms with Crippen LogP contribution in [0.2, 0.25) is 0 Å². The zero-order valence-electron chi connectivity index (χ0n) is 15.8. The van der Waals surface area contributed by atoms with Crippen molar-refractivity contribution < 1.29 is 13.2 Å². The van der Waals surface area contributed by atoms with E-state index in [0.717, 1.165) is 36.6 Å². The fraction of sp³-hybridized carbons (Fsp3) is 0.400. The Morgan fingerprint density at radius 2 is 1.79 bits per heavy atom. The number of guanidine groups is 1. The molecule has 0 unspecified atom stereocenters. The number of anilines is 1. The number of aliphatic imine (C=N–C) groups is 1. The van der Waals surface area contributed by atoms with E-state index in [1.807, 2.05) is 18.3 Å². The second-order valence-electron chi connectivity index (χ2n) is 6.70. The zero-order valence-corrected chi connectivity index (χ0v) is 15.8. The van der Waals surface area contributed by atoms with Crippen LogP contribution < -0.4 is 15.5 Å². The molecule has 0 aliphatic carbocycles. The summed E-state index contributed by atoms with van der Waals surface area (Å²) < 4.78 is 38.4. The van der Waals surface area contributed by atoms with E-state index in [2.05, 4.69) is 25.5 Å². The van der Waals surface area contributed by atoms with Crippen molar-refractivity contribution in [3.8, 4) is 0 Å². The van der Waals surface area contributed by atoms with Crippen molar-refractivity contribution >= 4 is 11.8 Å². The summed E-state index contributed by atoms with van der Waals surface area (Å²) in [5.74, 6) is 1.51. The van der Waals surface area contributed by atoms with Crippen molar-refractivity contribution in [2.24, 2.45) is 4.99 Å². The Hall–Kier alpha value is -2.77. The SMILES string of the molecule is CN=C(NCc1ccc(N2CCCC2)nc1)NCc1cccc(C(F)(F)F)c1. The third kappa shape index (κ3) is 5.37. The molecule has 0 radical (unpaired) electrons. The molecule has 8 heteroatoms. The lowest BCUT2D eigenvalue weighted by atomic mass is 10.1. The average Bonchev–Trinajstić information content (AvgIpc) is 3.23. The average molecular weight is 391 g/mol. The number of aromatic nitrogens is 1. The maximum absolute atomic E-state index is 12.8. The predicted molar refractivity (Wildman–Crippen MR) is 104 cm³/mol. The standard InChI is InChI=1S/C20H24F3N5/c1-24-19(26-12-15-5-4-6-17(11-15)20(21,22)23)27-14-16-7-8-18(25-13-16)28-9-2-3-10-28/h4-8,11,13H,2-3,9-10,12,14H2,1H3,(H2,24,26,27). The molecule has 1 aliphatic heterocycles. The Balaban J connectivity index is 1.51. The summed E-state index contributed by atoms with van der Waals surface area (Å²) in [7, 11) is 1.62. The summed E-state index contributed by atoms with van der Waals surface area (Å²) in [6.07, 6.45) is -0.0946. The second kappa shape index (κ2) is 8.95. The van der Waals surface area contributed by atoms with Crippen LogP contribution >= 0.6 is 0 Å². The van der Waals surface area contributed by atoms with Crippen LogP contribution in [-0.4, -0.2) is 31.1 Å². The molecule has 1 aromatic heterocycles. The highest BCUT2D eigenvalue weighted by molar-refractivity contribution is 5.79. The van der Waals surface area contributed by atoms with E-state index in [0.29, 0.717) is 18.1 Å². The van der Waals surface area contributed by atoms with Gasteiger partial charge in [-0.15, -0.1) is 0 Å². The number of benzene rings is 1. The van der Waals surface area contributed by atoms with Gasteiger partial charge < -0.3 is 15.5 Å². The van der Waals surface area contributed by atoms with Gasteiger partial charge in [-0.2, -0.15) is 13.2 Å².